The Balaban J connectivity index is 1.43. The fourth-order valence-electron chi connectivity index (χ4n) is 3.38. The Labute approximate surface area is 203 Å². The van der Waals surface area contributed by atoms with Gasteiger partial charge in [-0.15, -0.1) is 0 Å². The van der Waals surface area contributed by atoms with Crippen molar-refractivity contribution < 1.29 is 9.21 Å². The Morgan fingerprint density at radius 2 is 1.88 bits per heavy atom. The van der Waals surface area contributed by atoms with Gasteiger partial charge in [-0.1, -0.05) is 37.6 Å². The molecule has 4 rings (SSSR count). The predicted molar refractivity (Wildman–Crippen MR) is 138 cm³/mol. The van der Waals surface area contributed by atoms with Crippen molar-refractivity contribution >= 4 is 51.6 Å². The molecule has 3 aromatic carbocycles. The molecule has 0 spiro atoms. The van der Waals surface area contributed by atoms with Crippen molar-refractivity contribution in [3.05, 3.63) is 82.4 Å². The second-order valence-electron chi connectivity index (χ2n) is 8.01. The summed E-state index contributed by atoms with van der Waals surface area (Å²) >= 11 is 11.4. The van der Waals surface area contributed by atoms with Crippen LogP contribution in [0.1, 0.15) is 47.7 Å². The van der Waals surface area contributed by atoms with E-state index in [9.17, 15) is 4.79 Å². The molecular weight excluding hydrogens is 454 g/mol. The van der Waals surface area contributed by atoms with Gasteiger partial charge in [0.2, 0.25) is 5.89 Å². The SMILES string of the molecule is CC[C@H](C)c1ccc2oc(-c3ccc(NC(=S)NC(=O)c4ccc(C)c(Cl)c4)cc3)nc2c1. The van der Waals surface area contributed by atoms with Crippen LogP contribution in [0.3, 0.4) is 0 Å². The third-order valence-corrected chi connectivity index (χ3v) is 6.26. The van der Waals surface area contributed by atoms with E-state index in [1.165, 1.54) is 5.56 Å². The van der Waals surface area contributed by atoms with Crippen molar-refractivity contribution in [2.24, 2.45) is 0 Å². The molecule has 0 fully saturated rings. The van der Waals surface area contributed by atoms with Crippen LogP contribution in [0.5, 0.6) is 0 Å². The van der Waals surface area contributed by atoms with Gasteiger partial charge in [-0.3, -0.25) is 10.1 Å². The average molecular weight is 478 g/mol. The fourth-order valence-corrected chi connectivity index (χ4v) is 3.77. The molecule has 0 aliphatic carbocycles. The van der Waals surface area contributed by atoms with Crippen molar-refractivity contribution in [2.75, 3.05) is 5.32 Å². The van der Waals surface area contributed by atoms with Gasteiger partial charge in [0.1, 0.15) is 5.52 Å². The molecule has 4 aromatic rings. The monoisotopic (exact) mass is 477 g/mol. The van der Waals surface area contributed by atoms with Gasteiger partial charge in [0.25, 0.3) is 5.91 Å². The number of halogens is 1. The third kappa shape index (κ3) is 5.24. The largest absolute Gasteiger partial charge is 0.436 e. The van der Waals surface area contributed by atoms with Gasteiger partial charge >= 0.3 is 0 Å². The van der Waals surface area contributed by atoms with Crippen LogP contribution in [0.25, 0.3) is 22.6 Å². The lowest BCUT2D eigenvalue weighted by Crippen LogP contribution is -2.34. The van der Waals surface area contributed by atoms with Crippen LogP contribution in [-0.2, 0) is 0 Å². The predicted octanol–water partition coefficient (Wildman–Crippen LogP) is 7.10. The summed E-state index contributed by atoms with van der Waals surface area (Å²) in [6.45, 7) is 6.26. The number of carbonyl (C=O) groups excluding carboxylic acids is 1. The minimum atomic E-state index is -0.325. The summed E-state index contributed by atoms with van der Waals surface area (Å²) in [6, 6.07) is 18.8. The molecule has 5 nitrogen and oxygen atoms in total. The molecule has 1 heterocycles. The number of thiocarbonyl (C=S) groups is 1. The van der Waals surface area contributed by atoms with E-state index < -0.39 is 0 Å². The Bertz CT molecular complexity index is 1330. The maximum absolute atomic E-state index is 12.4. The molecule has 1 amide bonds. The van der Waals surface area contributed by atoms with E-state index in [0.29, 0.717) is 22.4 Å². The number of nitrogens with one attached hydrogen (secondary N) is 2. The van der Waals surface area contributed by atoms with E-state index in [2.05, 4.69) is 41.6 Å². The maximum atomic E-state index is 12.4. The van der Waals surface area contributed by atoms with Crippen LogP contribution in [-0.4, -0.2) is 16.0 Å². The number of aryl methyl sites for hydroxylation is 1. The first kappa shape index (κ1) is 23.0. The molecular formula is C26H24ClN3O2S. The Morgan fingerprint density at radius 1 is 1.12 bits per heavy atom. The van der Waals surface area contributed by atoms with E-state index in [4.69, 9.17) is 28.2 Å². The molecule has 2 N–H and O–H groups in total. The van der Waals surface area contributed by atoms with Crippen LogP contribution in [0.2, 0.25) is 5.02 Å². The Morgan fingerprint density at radius 3 is 2.58 bits per heavy atom. The van der Waals surface area contributed by atoms with E-state index in [0.717, 1.165) is 34.3 Å². The number of aromatic nitrogens is 1. The van der Waals surface area contributed by atoms with E-state index >= 15 is 0 Å². The number of fused-ring (bicyclic) bond motifs is 1. The standard InChI is InChI=1S/C26H24ClN3O2S/c1-4-15(2)18-9-12-23-22(14-18)29-25(32-23)17-7-10-20(11-8-17)28-26(33)30-24(31)19-6-5-16(3)21(27)13-19/h5-15H,4H2,1-3H3,(H2,28,30,31,33)/t15-/m0/s1. The number of carbonyl (C=O) groups is 1. The average Bonchev–Trinajstić information content (AvgIpc) is 3.24. The Hall–Kier alpha value is -3.22. The highest BCUT2D eigenvalue weighted by Crippen LogP contribution is 2.28. The number of anilines is 1. The first-order valence-corrected chi connectivity index (χ1v) is 11.5. The number of amides is 1. The number of benzene rings is 3. The number of oxazole rings is 1. The van der Waals surface area contributed by atoms with Crippen LogP contribution < -0.4 is 10.6 Å². The highest BCUT2D eigenvalue weighted by atomic mass is 35.5. The number of nitrogens with zero attached hydrogens (tertiary/aromatic N) is 1. The molecule has 0 bridgehead atoms. The smallest absolute Gasteiger partial charge is 0.257 e. The van der Waals surface area contributed by atoms with Crippen LogP contribution in [0.4, 0.5) is 5.69 Å². The summed E-state index contributed by atoms with van der Waals surface area (Å²) in [6.07, 6.45) is 1.08. The van der Waals surface area contributed by atoms with Crippen molar-refractivity contribution in [1.29, 1.82) is 0 Å². The van der Waals surface area contributed by atoms with Crippen molar-refractivity contribution in [3.8, 4) is 11.5 Å². The van der Waals surface area contributed by atoms with Crippen LogP contribution >= 0.6 is 23.8 Å². The Kier molecular flexibility index (Phi) is 6.77. The summed E-state index contributed by atoms with van der Waals surface area (Å²) < 4.78 is 5.94. The molecule has 168 valence electrons. The lowest BCUT2D eigenvalue weighted by molar-refractivity contribution is 0.0977. The second-order valence-corrected chi connectivity index (χ2v) is 8.82. The van der Waals surface area contributed by atoms with Gasteiger partial charge in [0.15, 0.2) is 10.7 Å². The lowest BCUT2D eigenvalue weighted by atomic mass is 9.98. The lowest BCUT2D eigenvalue weighted by Gasteiger charge is -2.10. The van der Waals surface area contributed by atoms with Gasteiger partial charge in [-0.2, -0.15) is 0 Å². The van der Waals surface area contributed by atoms with E-state index in [-0.39, 0.29) is 11.0 Å². The molecule has 33 heavy (non-hydrogen) atoms. The molecule has 1 aromatic heterocycles. The van der Waals surface area contributed by atoms with Gasteiger partial charge < -0.3 is 9.73 Å². The van der Waals surface area contributed by atoms with Crippen LogP contribution in [0, 0.1) is 6.92 Å². The zero-order valence-corrected chi connectivity index (χ0v) is 20.2. The highest BCUT2D eigenvalue weighted by Gasteiger charge is 2.12. The second kappa shape index (κ2) is 9.73. The zero-order valence-electron chi connectivity index (χ0n) is 18.6. The highest BCUT2D eigenvalue weighted by molar-refractivity contribution is 7.80. The molecule has 0 aliphatic heterocycles. The molecule has 1 atom stereocenters. The normalized spacial score (nSPS) is 11.9. The van der Waals surface area contributed by atoms with Gasteiger partial charge in [-0.25, -0.2) is 4.98 Å². The van der Waals surface area contributed by atoms with Crippen LogP contribution in [0.15, 0.2) is 65.1 Å². The number of hydrogen-bond acceptors (Lipinski definition) is 4. The first-order valence-electron chi connectivity index (χ1n) is 10.7. The molecule has 0 aliphatic rings. The zero-order chi connectivity index (χ0) is 23.5. The summed E-state index contributed by atoms with van der Waals surface area (Å²) in [5, 5.41) is 6.41. The van der Waals surface area contributed by atoms with Gasteiger partial charge in [0, 0.05) is 21.8 Å². The summed E-state index contributed by atoms with van der Waals surface area (Å²) in [5.74, 6) is 0.714. The number of rotatable bonds is 5. The molecule has 0 saturated heterocycles. The van der Waals surface area contributed by atoms with Crippen molar-refractivity contribution in [3.63, 3.8) is 0 Å². The van der Waals surface area contributed by atoms with Crippen molar-refractivity contribution in [1.82, 2.24) is 10.3 Å². The minimum absolute atomic E-state index is 0.198. The van der Waals surface area contributed by atoms with Gasteiger partial charge in [-0.05, 0) is 91.1 Å². The summed E-state index contributed by atoms with van der Waals surface area (Å²) in [5.41, 5.74) is 5.81. The fraction of sp³-hybridized carbons (Fsp3) is 0.192. The van der Waals surface area contributed by atoms with Gasteiger partial charge in [0.05, 0.1) is 0 Å². The summed E-state index contributed by atoms with van der Waals surface area (Å²) in [4.78, 5) is 17.1. The van der Waals surface area contributed by atoms with E-state index in [1.807, 2.05) is 37.3 Å². The summed E-state index contributed by atoms with van der Waals surface area (Å²) in [7, 11) is 0. The van der Waals surface area contributed by atoms with Crippen molar-refractivity contribution in [2.45, 2.75) is 33.1 Å². The molecule has 0 unspecified atom stereocenters. The third-order valence-electron chi connectivity index (χ3n) is 5.64. The molecule has 7 heteroatoms. The maximum Gasteiger partial charge on any atom is 0.257 e. The topological polar surface area (TPSA) is 67.2 Å². The minimum Gasteiger partial charge on any atom is -0.436 e. The number of hydrogen-bond donors (Lipinski definition) is 2. The quantitative estimate of drug-likeness (QED) is 0.300. The first-order chi connectivity index (χ1) is 15.8. The van der Waals surface area contributed by atoms with E-state index in [1.54, 1.807) is 18.2 Å². The molecule has 0 radical (unpaired) electrons. The molecule has 0 saturated carbocycles.